The van der Waals surface area contributed by atoms with Gasteiger partial charge in [0.05, 0.1) is 7.11 Å². The Bertz CT molecular complexity index is 602. The molecule has 1 atom stereocenters. The van der Waals surface area contributed by atoms with Gasteiger partial charge in [0.2, 0.25) is 0 Å². The maximum Gasteiger partial charge on any atom is 0.165 e. The van der Waals surface area contributed by atoms with E-state index >= 15 is 0 Å². The van der Waals surface area contributed by atoms with Crippen LogP contribution in [0.3, 0.4) is 0 Å². The molecule has 0 saturated heterocycles. The Morgan fingerprint density at radius 2 is 1.82 bits per heavy atom. The number of ether oxygens (including phenoxy) is 2. The van der Waals surface area contributed by atoms with Crippen LogP contribution in [0.2, 0.25) is 0 Å². The molecular formula is C17H19F2NO2. The van der Waals surface area contributed by atoms with Crippen LogP contribution in [0.5, 0.6) is 11.5 Å². The van der Waals surface area contributed by atoms with Crippen molar-refractivity contribution in [2.45, 2.75) is 13.0 Å². The van der Waals surface area contributed by atoms with Crippen LogP contribution < -0.4 is 14.8 Å². The lowest BCUT2D eigenvalue weighted by Crippen LogP contribution is -2.24. The quantitative estimate of drug-likeness (QED) is 0.791. The Balaban J connectivity index is 1.79. The molecule has 2 aromatic rings. The second-order valence-electron chi connectivity index (χ2n) is 4.87. The fraction of sp³-hybridized carbons (Fsp3) is 0.294. The molecule has 0 amide bonds. The molecule has 0 heterocycles. The zero-order valence-electron chi connectivity index (χ0n) is 12.6. The van der Waals surface area contributed by atoms with Crippen LogP contribution in [0.15, 0.2) is 42.5 Å². The molecule has 0 spiro atoms. The molecule has 5 heteroatoms. The molecule has 0 aliphatic carbocycles. The predicted molar refractivity (Wildman–Crippen MR) is 81.3 cm³/mol. The zero-order chi connectivity index (χ0) is 15.9. The maximum absolute atomic E-state index is 13.6. The molecule has 0 bridgehead atoms. The average molecular weight is 307 g/mol. The van der Waals surface area contributed by atoms with E-state index in [2.05, 4.69) is 5.32 Å². The van der Waals surface area contributed by atoms with Crippen LogP contribution in [-0.4, -0.2) is 20.3 Å². The molecule has 0 aromatic heterocycles. The van der Waals surface area contributed by atoms with Gasteiger partial charge in [-0.25, -0.2) is 8.78 Å². The SMILES string of the molecule is COc1ccc(C(C)NCCOc2ccc(F)cc2)cc1F. The van der Waals surface area contributed by atoms with Crippen LogP contribution >= 0.6 is 0 Å². The normalized spacial score (nSPS) is 12.0. The lowest BCUT2D eigenvalue weighted by atomic mass is 10.1. The standard InChI is InChI=1S/C17H19F2NO2/c1-12(13-3-8-17(21-2)16(19)11-13)20-9-10-22-15-6-4-14(18)5-7-15/h3-8,11-12,20H,9-10H2,1-2H3. The summed E-state index contributed by atoms with van der Waals surface area (Å²) in [7, 11) is 1.44. The van der Waals surface area contributed by atoms with Crippen molar-refractivity contribution in [3.05, 3.63) is 59.7 Å². The van der Waals surface area contributed by atoms with Gasteiger partial charge in [0, 0.05) is 12.6 Å². The molecule has 0 fully saturated rings. The first-order valence-electron chi connectivity index (χ1n) is 7.05. The highest BCUT2D eigenvalue weighted by atomic mass is 19.1. The minimum atomic E-state index is -0.379. The van der Waals surface area contributed by atoms with Crippen molar-refractivity contribution in [1.82, 2.24) is 5.32 Å². The molecule has 1 unspecified atom stereocenters. The molecule has 0 radical (unpaired) electrons. The fourth-order valence-corrected chi connectivity index (χ4v) is 2.04. The maximum atomic E-state index is 13.6. The minimum Gasteiger partial charge on any atom is -0.494 e. The summed E-state index contributed by atoms with van der Waals surface area (Å²) in [5.74, 6) is 0.179. The van der Waals surface area contributed by atoms with Crippen molar-refractivity contribution < 1.29 is 18.3 Å². The average Bonchev–Trinajstić information content (AvgIpc) is 2.53. The molecule has 2 rings (SSSR count). The van der Waals surface area contributed by atoms with E-state index in [1.54, 1.807) is 18.2 Å². The summed E-state index contributed by atoms with van der Waals surface area (Å²) in [6.07, 6.45) is 0. The van der Waals surface area contributed by atoms with E-state index < -0.39 is 0 Å². The summed E-state index contributed by atoms with van der Waals surface area (Å²) in [6.45, 7) is 2.97. The molecule has 22 heavy (non-hydrogen) atoms. The van der Waals surface area contributed by atoms with E-state index in [-0.39, 0.29) is 23.4 Å². The summed E-state index contributed by atoms with van der Waals surface area (Å²) < 4.78 is 36.8. The van der Waals surface area contributed by atoms with Gasteiger partial charge in [0.25, 0.3) is 0 Å². The first kappa shape index (κ1) is 16.2. The first-order valence-corrected chi connectivity index (χ1v) is 7.05. The number of nitrogens with one attached hydrogen (secondary N) is 1. The molecule has 2 aromatic carbocycles. The second-order valence-corrected chi connectivity index (χ2v) is 4.87. The van der Waals surface area contributed by atoms with E-state index in [4.69, 9.17) is 9.47 Å². The van der Waals surface area contributed by atoms with Crippen LogP contribution in [0.25, 0.3) is 0 Å². The third kappa shape index (κ3) is 4.43. The number of benzene rings is 2. The number of hydrogen-bond donors (Lipinski definition) is 1. The Morgan fingerprint density at radius 1 is 1.09 bits per heavy atom. The highest BCUT2D eigenvalue weighted by Crippen LogP contribution is 2.21. The Labute approximate surface area is 128 Å². The van der Waals surface area contributed by atoms with Gasteiger partial charge < -0.3 is 14.8 Å². The van der Waals surface area contributed by atoms with Crippen LogP contribution in [0, 0.1) is 11.6 Å². The molecule has 0 aliphatic rings. The summed E-state index contributed by atoms with van der Waals surface area (Å²) in [5, 5.41) is 3.24. The first-order chi connectivity index (χ1) is 10.6. The van der Waals surface area contributed by atoms with Gasteiger partial charge in [-0.1, -0.05) is 6.07 Å². The summed E-state index contributed by atoms with van der Waals surface area (Å²) in [5.41, 5.74) is 0.833. The van der Waals surface area contributed by atoms with E-state index in [0.717, 1.165) is 5.56 Å². The van der Waals surface area contributed by atoms with Crippen molar-refractivity contribution >= 4 is 0 Å². The Kier molecular flexibility index (Phi) is 5.72. The van der Waals surface area contributed by atoms with E-state index in [9.17, 15) is 8.78 Å². The Morgan fingerprint density at radius 3 is 2.45 bits per heavy atom. The highest BCUT2D eigenvalue weighted by molar-refractivity contribution is 5.30. The zero-order valence-corrected chi connectivity index (χ0v) is 12.6. The van der Waals surface area contributed by atoms with Gasteiger partial charge in [0.15, 0.2) is 11.6 Å². The number of hydrogen-bond acceptors (Lipinski definition) is 3. The van der Waals surface area contributed by atoms with Gasteiger partial charge in [-0.05, 0) is 48.9 Å². The van der Waals surface area contributed by atoms with Gasteiger partial charge in [-0.3, -0.25) is 0 Å². The van der Waals surface area contributed by atoms with Crippen LogP contribution in [-0.2, 0) is 0 Å². The van der Waals surface area contributed by atoms with Gasteiger partial charge >= 0.3 is 0 Å². The summed E-state index contributed by atoms with van der Waals surface area (Å²) >= 11 is 0. The number of rotatable bonds is 7. The molecular weight excluding hydrogens is 288 g/mol. The van der Waals surface area contributed by atoms with Gasteiger partial charge in [0.1, 0.15) is 18.2 Å². The second kappa shape index (κ2) is 7.75. The summed E-state index contributed by atoms with van der Waals surface area (Å²) in [6, 6.07) is 10.7. The number of methoxy groups -OCH3 is 1. The van der Waals surface area contributed by atoms with Crippen molar-refractivity contribution in [1.29, 1.82) is 0 Å². The smallest absolute Gasteiger partial charge is 0.165 e. The predicted octanol–water partition coefficient (Wildman–Crippen LogP) is 3.70. The van der Waals surface area contributed by atoms with Crippen molar-refractivity contribution in [3.63, 3.8) is 0 Å². The Hall–Kier alpha value is -2.14. The van der Waals surface area contributed by atoms with E-state index in [1.807, 2.05) is 13.0 Å². The third-order valence-electron chi connectivity index (χ3n) is 3.31. The van der Waals surface area contributed by atoms with Crippen LogP contribution in [0.4, 0.5) is 8.78 Å². The van der Waals surface area contributed by atoms with E-state index in [1.165, 1.54) is 25.3 Å². The molecule has 1 N–H and O–H groups in total. The number of halogens is 2. The topological polar surface area (TPSA) is 30.5 Å². The minimum absolute atomic E-state index is 0.0165. The largest absolute Gasteiger partial charge is 0.494 e. The molecule has 3 nitrogen and oxygen atoms in total. The van der Waals surface area contributed by atoms with Crippen molar-refractivity contribution in [2.24, 2.45) is 0 Å². The highest BCUT2D eigenvalue weighted by Gasteiger charge is 2.09. The van der Waals surface area contributed by atoms with Gasteiger partial charge in [-0.15, -0.1) is 0 Å². The molecule has 0 aliphatic heterocycles. The summed E-state index contributed by atoms with van der Waals surface area (Å²) in [4.78, 5) is 0. The monoisotopic (exact) mass is 307 g/mol. The lowest BCUT2D eigenvalue weighted by molar-refractivity contribution is 0.307. The lowest BCUT2D eigenvalue weighted by Gasteiger charge is -2.15. The van der Waals surface area contributed by atoms with Crippen molar-refractivity contribution in [2.75, 3.05) is 20.3 Å². The third-order valence-corrected chi connectivity index (χ3v) is 3.31. The fourth-order valence-electron chi connectivity index (χ4n) is 2.04. The van der Waals surface area contributed by atoms with Crippen molar-refractivity contribution in [3.8, 4) is 11.5 Å². The van der Waals surface area contributed by atoms with Gasteiger partial charge in [-0.2, -0.15) is 0 Å². The van der Waals surface area contributed by atoms with Crippen LogP contribution in [0.1, 0.15) is 18.5 Å². The molecule has 118 valence electrons. The van der Waals surface area contributed by atoms with E-state index in [0.29, 0.717) is 18.9 Å². The molecule has 0 saturated carbocycles.